The van der Waals surface area contributed by atoms with Crippen molar-refractivity contribution in [2.24, 2.45) is 5.92 Å². The van der Waals surface area contributed by atoms with E-state index in [0.717, 1.165) is 5.75 Å². The maximum absolute atomic E-state index is 11.7. The van der Waals surface area contributed by atoms with E-state index in [-0.39, 0.29) is 19.1 Å². The standard InChI is InChI=1S/C16H23NO5/c1-3-12(2)15(16(19)20)17-14(18)11-21-9-10-22-13-7-5-4-6-8-13/h4-8,12,15H,3,9-11H2,1-2H3,(H,17,18)(H,19,20)/t12-,15-/m0/s1. The van der Waals surface area contributed by atoms with Crippen molar-refractivity contribution in [1.82, 2.24) is 5.32 Å². The van der Waals surface area contributed by atoms with Crippen LogP contribution in [-0.4, -0.2) is 42.8 Å². The number of ether oxygens (including phenoxy) is 2. The molecule has 0 spiro atoms. The first-order chi connectivity index (χ1) is 10.5. The van der Waals surface area contributed by atoms with E-state index >= 15 is 0 Å². The number of carbonyl (C=O) groups is 2. The summed E-state index contributed by atoms with van der Waals surface area (Å²) in [4.78, 5) is 22.8. The molecule has 6 heteroatoms. The zero-order chi connectivity index (χ0) is 16.4. The number of para-hydroxylation sites is 1. The Kier molecular flexibility index (Phi) is 7.99. The lowest BCUT2D eigenvalue weighted by atomic mass is 9.99. The summed E-state index contributed by atoms with van der Waals surface area (Å²) in [6.45, 7) is 4.06. The highest BCUT2D eigenvalue weighted by molar-refractivity contribution is 5.84. The minimum absolute atomic E-state index is 0.136. The average Bonchev–Trinajstić information content (AvgIpc) is 2.52. The summed E-state index contributed by atoms with van der Waals surface area (Å²) in [6.07, 6.45) is 0.670. The maximum atomic E-state index is 11.7. The minimum Gasteiger partial charge on any atom is -0.491 e. The fraction of sp³-hybridized carbons (Fsp3) is 0.500. The molecule has 0 saturated carbocycles. The Morgan fingerprint density at radius 1 is 1.23 bits per heavy atom. The Morgan fingerprint density at radius 2 is 1.91 bits per heavy atom. The minimum atomic E-state index is -1.03. The highest BCUT2D eigenvalue weighted by atomic mass is 16.5. The number of aliphatic carboxylic acids is 1. The van der Waals surface area contributed by atoms with Crippen LogP contribution >= 0.6 is 0 Å². The number of hydrogen-bond acceptors (Lipinski definition) is 4. The lowest BCUT2D eigenvalue weighted by Gasteiger charge is -2.20. The van der Waals surface area contributed by atoms with Crippen molar-refractivity contribution in [2.75, 3.05) is 19.8 Å². The Balaban J connectivity index is 2.21. The van der Waals surface area contributed by atoms with Gasteiger partial charge in [0.25, 0.3) is 0 Å². The molecular formula is C16H23NO5. The molecule has 1 amide bonds. The van der Waals surface area contributed by atoms with E-state index in [9.17, 15) is 9.59 Å². The van der Waals surface area contributed by atoms with Crippen LogP contribution in [0, 0.1) is 5.92 Å². The summed E-state index contributed by atoms with van der Waals surface area (Å²) in [5.74, 6) is -0.872. The van der Waals surface area contributed by atoms with E-state index in [2.05, 4.69) is 5.32 Å². The number of benzene rings is 1. The molecule has 0 bridgehead atoms. The van der Waals surface area contributed by atoms with Gasteiger partial charge in [0.05, 0.1) is 6.61 Å². The molecule has 0 heterocycles. The van der Waals surface area contributed by atoms with Crippen LogP contribution < -0.4 is 10.1 Å². The van der Waals surface area contributed by atoms with Crippen LogP contribution in [0.1, 0.15) is 20.3 Å². The van der Waals surface area contributed by atoms with E-state index < -0.39 is 17.9 Å². The van der Waals surface area contributed by atoms with Crippen molar-refractivity contribution >= 4 is 11.9 Å². The quantitative estimate of drug-likeness (QED) is 0.643. The van der Waals surface area contributed by atoms with Gasteiger partial charge in [0.15, 0.2) is 0 Å². The molecule has 6 nitrogen and oxygen atoms in total. The van der Waals surface area contributed by atoms with Crippen molar-refractivity contribution in [3.63, 3.8) is 0 Å². The van der Waals surface area contributed by atoms with Gasteiger partial charge in [-0.2, -0.15) is 0 Å². The number of hydrogen-bond donors (Lipinski definition) is 2. The summed E-state index contributed by atoms with van der Waals surface area (Å²) in [6, 6.07) is 8.40. The molecule has 122 valence electrons. The van der Waals surface area contributed by atoms with Gasteiger partial charge in [-0.3, -0.25) is 4.79 Å². The molecule has 0 aliphatic carbocycles. The summed E-state index contributed by atoms with van der Waals surface area (Å²) >= 11 is 0. The Bertz CT molecular complexity index is 463. The molecule has 22 heavy (non-hydrogen) atoms. The molecule has 0 unspecified atom stereocenters. The molecular weight excluding hydrogens is 286 g/mol. The van der Waals surface area contributed by atoms with Crippen molar-refractivity contribution < 1.29 is 24.2 Å². The predicted octanol–water partition coefficient (Wildman–Crippen LogP) is 1.70. The highest BCUT2D eigenvalue weighted by Gasteiger charge is 2.25. The van der Waals surface area contributed by atoms with Gasteiger partial charge in [-0.25, -0.2) is 4.79 Å². The molecule has 2 atom stereocenters. The third-order valence-electron chi connectivity index (χ3n) is 3.27. The molecule has 1 aromatic rings. The van der Waals surface area contributed by atoms with Crippen LogP contribution in [0.4, 0.5) is 0 Å². The van der Waals surface area contributed by atoms with Crippen molar-refractivity contribution in [3.8, 4) is 5.75 Å². The largest absolute Gasteiger partial charge is 0.491 e. The molecule has 0 aliphatic heterocycles. The average molecular weight is 309 g/mol. The van der Waals surface area contributed by atoms with E-state index in [1.54, 1.807) is 6.92 Å². The lowest BCUT2D eigenvalue weighted by Crippen LogP contribution is -2.46. The fourth-order valence-corrected chi connectivity index (χ4v) is 1.80. The highest BCUT2D eigenvalue weighted by Crippen LogP contribution is 2.08. The monoisotopic (exact) mass is 309 g/mol. The van der Waals surface area contributed by atoms with Gasteiger partial charge in [-0.1, -0.05) is 38.5 Å². The maximum Gasteiger partial charge on any atom is 0.326 e. The van der Waals surface area contributed by atoms with Crippen LogP contribution in [0.25, 0.3) is 0 Å². The second kappa shape index (κ2) is 9.78. The Morgan fingerprint density at radius 3 is 2.50 bits per heavy atom. The van der Waals surface area contributed by atoms with Gasteiger partial charge in [-0.05, 0) is 18.1 Å². The van der Waals surface area contributed by atoms with E-state index in [1.165, 1.54) is 0 Å². The zero-order valence-corrected chi connectivity index (χ0v) is 13.0. The van der Waals surface area contributed by atoms with Gasteiger partial charge in [0, 0.05) is 0 Å². The van der Waals surface area contributed by atoms with Crippen molar-refractivity contribution in [2.45, 2.75) is 26.3 Å². The number of amides is 1. The number of rotatable bonds is 10. The van der Waals surface area contributed by atoms with Crippen LogP contribution in [0.2, 0.25) is 0 Å². The smallest absolute Gasteiger partial charge is 0.326 e. The van der Waals surface area contributed by atoms with Crippen molar-refractivity contribution in [1.29, 1.82) is 0 Å². The molecule has 0 radical (unpaired) electrons. The summed E-state index contributed by atoms with van der Waals surface area (Å²) in [7, 11) is 0. The van der Waals surface area contributed by atoms with E-state index in [0.29, 0.717) is 13.0 Å². The van der Waals surface area contributed by atoms with Gasteiger partial charge < -0.3 is 19.9 Å². The molecule has 0 saturated heterocycles. The molecule has 0 fully saturated rings. The summed E-state index contributed by atoms with van der Waals surface area (Å²) in [5.41, 5.74) is 0. The third-order valence-corrected chi connectivity index (χ3v) is 3.27. The predicted molar refractivity (Wildman–Crippen MR) is 81.8 cm³/mol. The van der Waals surface area contributed by atoms with E-state index in [1.807, 2.05) is 37.3 Å². The third kappa shape index (κ3) is 6.58. The second-order valence-corrected chi connectivity index (χ2v) is 4.98. The first kappa shape index (κ1) is 18.0. The number of nitrogens with one attached hydrogen (secondary N) is 1. The van der Waals surface area contributed by atoms with E-state index in [4.69, 9.17) is 14.6 Å². The van der Waals surface area contributed by atoms with Gasteiger partial charge in [0.2, 0.25) is 5.91 Å². The first-order valence-corrected chi connectivity index (χ1v) is 7.32. The van der Waals surface area contributed by atoms with Gasteiger partial charge in [-0.15, -0.1) is 0 Å². The van der Waals surface area contributed by atoms with Gasteiger partial charge >= 0.3 is 5.97 Å². The first-order valence-electron chi connectivity index (χ1n) is 7.32. The molecule has 0 aliphatic rings. The zero-order valence-electron chi connectivity index (χ0n) is 13.0. The number of carboxylic acids is 1. The van der Waals surface area contributed by atoms with Crippen LogP contribution in [0.5, 0.6) is 5.75 Å². The van der Waals surface area contributed by atoms with Crippen molar-refractivity contribution in [3.05, 3.63) is 30.3 Å². The molecule has 1 aromatic carbocycles. The fourth-order valence-electron chi connectivity index (χ4n) is 1.80. The normalized spacial score (nSPS) is 13.2. The summed E-state index contributed by atoms with van der Waals surface area (Å²) < 4.78 is 10.6. The number of carbonyl (C=O) groups excluding carboxylic acids is 1. The van der Waals surface area contributed by atoms with Crippen LogP contribution in [0.15, 0.2) is 30.3 Å². The van der Waals surface area contributed by atoms with Crippen LogP contribution in [0.3, 0.4) is 0 Å². The topological polar surface area (TPSA) is 84.9 Å². The Hall–Kier alpha value is -2.08. The molecule has 1 rings (SSSR count). The van der Waals surface area contributed by atoms with Gasteiger partial charge in [0.1, 0.15) is 25.0 Å². The second-order valence-electron chi connectivity index (χ2n) is 4.98. The van der Waals surface area contributed by atoms with Crippen LogP contribution in [-0.2, 0) is 14.3 Å². The lowest BCUT2D eigenvalue weighted by molar-refractivity contribution is -0.144. The Labute approximate surface area is 130 Å². The SMILES string of the molecule is CC[C@H](C)[C@H](NC(=O)COCCOc1ccccc1)C(=O)O. The molecule has 2 N–H and O–H groups in total. The summed E-state index contributed by atoms with van der Waals surface area (Å²) in [5, 5.41) is 11.6. The number of carboxylic acid groups (broad SMARTS) is 1. The molecule has 0 aromatic heterocycles.